The number of rotatable bonds is 3. The second kappa shape index (κ2) is 4.65. The molecular weight excluding hydrogens is 210 g/mol. The van der Waals surface area contributed by atoms with Gasteiger partial charge in [-0.1, -0.05) is 12.8 Å². The normalized spacial score (nSPS) is 19.6. The van der Waals surface area contributed by atoms with E-state index in [0.29, 0.717) is 12.6 Å². The van der Waals surface area contributed by atoms with Gasteiger partial charge in [0.15, 0.2) is 0 Å². The first-order valence-corrected chi connectivity index (χ1v) is 6.85. The number of nitrogens with zero attached hydrogens (tertiary/aromatic N) is 1. The lowest BCUT2D eigenvalue weighted by Crippen LogP contribution is -2.18. The van der Waals surface area contributed by atoms with Crippen LogP contribution in [0.2, 0.25) is 0 Å². The predicted octanol–water partition coefficient (Wildman–Crippen LogP) is 2.38. The molecule has 0 unspecified atom stereocenters. The molecule has 0 atom stereocenters. The summed E-state index contributed by atoms with van der Waals surface area (Å²) < 4.78 is 0. The van der Waals surface area contributed by atoms with Gasteiger partial charge in [0, 0.05) is 23.8 Å². The molecule has 0 radical (unpaired) electrons. The first-order valence-electron chi connectivity index (χ1n) is 6.85. The molecule has 0 bridgehead atoms. The molecule has 2 aliphatic carbocycles. The Hall–Kier alpha value is -1.09. The van der Waals surface area contributed by atoms with Crippen molar-refractivity contribution in [3.05, 3.63) is 22.9 Å². The maximum Gasteiger partial charge on any atom is 0.130 e. The van der Waals surface area contributed by atoms with Gasteiger partial charge >= 0.3 is 0 Å². The van der Waals surface area contributed by atoms with Crippen molar-refractivity contribution in [3.63, 3.8) is 0 Å². The van der Waals surface area contributed by atoms with E-state index in [2.05, 4.69) is 11.4 Å². The van der Waals surface area contributed by atoms with Crippen molar-refractivity contribution < 1.29 is 0 Å². The van der Waals surface area contributed by atoms with Gasteiger partial charge in [-0.15, -0.1) is 0 Å². The zero-order valence-corrected chi connectivity index (χ0v) is 10.3. The average molecular weight is 231 g/mol. The Morgan fingerprint density at radius 1 is 1.24 bits per heavy atom. The summed E-state index contributed by atoms with van der Waals surface area (Å²) in [6.07, 6.45) is 8.82. The molecule has 2 aliphatic rings. The molecule has 3 heteroatoms. The Kier molecular flexibility index (Phi) is 3.02. The lowest BCUT2D eigenvalue weighted by molar-refractivity contribution is 0.746. The van der Waals surface area contributed by atoms with Gasteiger partial charge in [0.25, 0.3) is 0 Å². The van der Waals surface area contributed by atoms with Gasteiger partial charge in [-0.25, -0.2) is 4.98 Å². The molecule has 1 fully saturated rings. The Morgan fingerprint density at radius 3 is 2.82 bits per heavy atom. The lowest BCUT2D eigenvalue weighted by atomic mass is 10.1. The SMILES string of the molecule is NCc1cc2c(nc1NC1CCCC1)CCC2. The molecule has 3 N–H and O–H groups in total. The van der Waals surface area contributed by atoms with E-state index in [-0.39, 0.29) is 0 Å². The molecule has 0 aliphatic heterocycles. The summed E-state index contributed by atoms with van der Waals surface area (Å²) >= 11 is 0. The third-order valence-corrected chi connectivity index (χ3v) is 4.05. The minimum atomic E-state index is 0.593. The summed E-state index contributed by atoms with van der Waals surface area (Å²) in [5.74, 6) is 1.06. The fraction of sp³-hybridized carbons (Fsp3) is 0.643. The summed E-state index contributed by atoms with van der Waals surface area (Å²) in [7, 11) is 0. The van der Waals surface area contributed by atoms with Crippen LogP contribution >= 0.6 is 0 Å². The lowest BCUT2D eigenvalue weighted by Gasteiger charge is -2.17. The number of aromatic nitrogens is 1. The molecule has 1 heterocycles. The molecule has 0 amide bonds. The topological polar surface area (TPSA) is 50.9 Å². The fourth-order valence-electron chi connectivity index (χ4n) is 3.06. The van der Waals surface area contributed by atoms with Crippen LogP contribution in [0.3, 0.4) is 0 Å². The Labute approximate surface area is 103 Å². The van der Waals surface area contributed by atoms with Gasteiger partial charge in [-0.05, 0) is 43.7 Å². The number of fused-ring (bicyclic) bond motifs is 1. The largest absolute Gasteiger partial charge is 0.367 e. The van der Waals surface area contributed by atoms with Crippen LogP contribution in [0.15, 0.2) is 6.07 Å². The Bertz CT molecular complexity index is 408. The molecule has 3 rings (SSSR count). The number of hydrogen-bond donors (Lipinski definition) is 2. The second-order valence-corrected chi connectivity index (χ2v) is 5.29. The van der Waals surface area contributed by atoms with Gasteiger partial charge in [-0.3, -0.25) is 0 Å². The Morgan fingerprint density at radius 2 is 2.06 bits per heavy atom. The number of aryl methyl sites for hydroxylation is 2. The van der Waals surface area contributed by atoms with Crippen LogP contribution in [0.25, 0.3) is 0 Å². The van der Waals surface area contributed by atoms with E-state index in [1.807, 2.05) is 0 Å². The zero-order valence-electron chi connectivity index (χ0n) is 10.3. The summed E-state index contributed by atoms with van der Waals surface area (Å²) in [5.41, 5.74) is 9.74. The van der Waals surface area contributed by atoms with Crippen molar-refractivity contribution in [3.8, 4) is 0 Å². The van der Waals surface area contributed by atoms with Crippen LogP contribution in [0, 0.1) is 0 Å². The minimum Gasteiger partial charge on any atom is -0.367 e. The minimum absolute atomic E-state index is 0.593. The maximum absolute atomic E-state index is 5.84. The first kappa shape index (κ1) is 11.0. The van der Waals surface area contributed by atoms with Crippen LogP contribution in [0.5, 0.6) is 0 Å². The van der Waals surface area contributed by atoms with E-state index in [0.717, 1.165) is 12.2 Å². The number of nitrogens with two attached hydrogens (primary N) is 1. The van der Waals surface area contributed by atoms with Crippen molar-refractivity contribution >= 4 is 5.82 Å². The van der Waals surface area contributed by atoms with Gasteiger partial charge in [0.1, 0.15) is 5.82 Å². The van der Waals surface area contributed by atoms with Crippen molar-refractivity contribution in [2.75, 3.05) is 5.32 Å². The van der Waals surface area contributed by atoms with Gasteiger partial charge in [0.05, 0.1) is 0 Å². The fourth-order valence-corrected chi connectivity index (χ4v) is 3.06. The quantitative estimate of drug-likeness (QED) is 0.839. The molecule has 17 heavy (non-hydrogen) atoms. The van der Waals surface area contributed by atoms with Crippen molar-refractivity contribution in [2.45, 2.75) is 57.5 Å². The Balaban J connectivity index is 1.86. The van der Waals surface area contributed by atoms with E-state index >= 15 is 0 Å². The molecule has 1 aromatic rings. The van der Waals surface area contributed by atoms with Crippen LogP contribution < -0.4 is 11.1 Å². The van der Waals surface area contributed by atoms with E-state index in [1.54, 1.807) is 0 Å². The summed E-state index contributed by atoms with van der Waals surface area (Å²) in [6, 6.07) is 2.89. The van der Waals surface area contributed by atoms with Crippen LogP contribution in [-0.2, 0) is 19.4 Å². The highest BCUT2D eigenvalue weighted by Crippen LogP contribution is 2.28. The molecule has 1 saturated carbocycles. The summed E-state index contributed by atoms with van der Waals surface area (Å²) in [4.78, 5) is 4.80. The summed E-state index contributed by atoms with van der Waals surface area (Å²) in [6.45, 7) is 0.593. The van der Waals surface area contributed by atoms with E-state index in [1.165, 1.54) is 55.3 Å². The van der Waals surface area contributed by atoms with Crippen LogP contribution in [-0.4, -0.2) is 11.0 Å². The van der Waals surface area contributed by atoms with E-state index < -0.39 is 0 Å². The van der Waals surface area contributed by atoms with Crippen molar-refractivity contribution in [1.82, 2.24) is 4.98 Å². The van der Waals surface area contributed by atoms with Crippen molar-refractivity contribution in [2.24, 2.45) is 5.73 Å². The molecule has 1 aromatic heterocycles. The molecular formula is C14H21N3. The van der Waals surface area contributed by atoms with E-state index in [9.17, 15) is 0 Å². The monoisotopic (exact) mass is 231 g/mol. The van der Waals surface area contributed by atoms with Crippen LogP contribution in [0.4, 0.5) is 5.82 Å². The third-order valence-electron chi connectivity index (χ3n) is 4.05. The smallest absolute Gasteiger partial charge is 0.130 e. The highest BCUT2D eigenvalue weighted by molar-refractivity contribution is 5.49. The second-order valence-electron chi connectivity index (χ2n) is 5.29. The highest BCUT2D eigenvalue weighted by Gasteiger charge is 2.19. The van der Waals surface area contributed by atoms with E-state index in [4.69, 9.17) is 10.7 Å². The van der Waals surface area contributed by atoms with Gasteiger partial charge < -0.3 is 11.1 Å². The number of nitrogens with one attached hydrogen (secondary N) is 1. The zero-order chi connectivity index (χ0) is 11.7. The molecule has 92 valence electrons. The van der Waals surface area contributed by atoms with Gasteiger partial charge in [-0.2, -0.15) is 0 Å². The number of pyridine rings is 1. The maximum atomic E-state index is 5.84. The highest BCUT2D eigenvalue weighted by atomic mass is 15.0. The molecule has 0 aromatic carbocycles. The molecule has 3 nitrogen and oxygen atoms in total. The first-order chi connectivity index (χ1) is 8.36. The summed E-state index contributed by atoms with van der Waals surface area (Å²) in [5, 5.41) is 3.60. The number of hydrogen-bond acceptors (Lipinski definition) is 3. The van der Waals surface area contributed by atoms with Crippen LogP contribution in [0.1, 0.15) is 48.9 Å². The van der Waals surface area contributed by atoms with Gasteiger partial charge in [0.2, 0.25) is 0 Å². The predicted molar refractivity (Wildman–Crippen MR) is 70.0 cm³/mol. The standard InChI is InChI=1S/C14H21N3/c15-9-11-8-10-4-3-7-13(10)17-14(11)16-12-5-1-2-6-12/h8,12H,1-7,9,15H2,(H,16,17). The third kappa shape index (κ3) is 2.16. The molecule has 0 saturated heterocycles. The average Bonchev–Trinajstić information content (AvgIpc) is 2.98. The number of anilines is 1. The molecule has 0 spiro atoms. The van der Waals surface area contributed by atoms with Crippen molar-refractivity contribution in [1.29, 1.82) is 0 Å².